The van der Waals surface area contributed by atoms with Crippen LogP contribution in [0.4, 0.5) is 0 Å². The number of carbonyl (C=O) groups excluding carboxylic acids is 3. The second kappa shape index (κ2) is 11.8. The highest BCUT2D eigenvalue weighted by molar-refractivity contribution is 6.04. The van der Waals surface area contributed by atoms with Crippen LogP contribution in [0.2, 0.25) is 0 Å². The van der Waals surface area contributed by atoms with Gasteiger partial charge in [-0.25, -0.2) is 0 Å². The van der Waals surface area contributed by atoms with E-state index < -0.39 is 11.3 Å². The maximum absolute atomic E-state index is 14.0. The lowest BCUT2D eigenvalue weighted by Crippen LogP contribution is -2.66. The van der Waals surface area contributed by atoms with Crippen molar-refractivity contribution in [1.82, 2.24) is 10.2 Å². The van der Waals surface area contributed by atoms with Gasteiger partial charge in [0.15, 0.2) is 5.78 Å². The lowest BCUT2D eigenvalue weighted by molar-refractivity contribution is -0.195. The number of methoxy groups -OCH3 is 1. The molecule has 4 fully saturated rings. The number of rotatable bonds is 8. The smallest absolute Gasteiger partial charge is 0.312 e. The van der Waals surface area contributed by atoms with Gasteiger partial charge in [0.2, 0.25) is 5.91 Å². The number of nitrogens with zero attached hydrogens (tertiary/aromatic N) is 1. The van der Waals surface area contributed by atoms with Gasteiger partial charge in [-0.05, 0) is 124 Å². The highest BCUT2D eigenvalue weighted by Gasteiger charge is 2.70. The minimum absolute atomic E-state index is 0.00112. The molecule has 0 heterocycles. The van der Waals surface area contributed by atoms with Crippen molar-refractivity contribution in [2.45, 2.75) is 120 Å². The van der Waals surface area contributed by atoms with Gasteiger partial charge >= 0.3 is 5.97 Å². The number of hydrogen-bond donors (Lipinski definition) is 1. The Morgan fingerprint density at radius 3 is 2.36 bits per heavy atom. The average molecular weight is 611 g/mol. The summed E-state index contributed by atoms with van der Waals surface area (Å²) in [5.74, 6) is 0.995. The Hall–Kier alpha value is -1.69. The third kappa shape index (κ3) is 4.85. The second-order valence-electron chi connectivity index (χ2n) is 16.9. The van der Waals surface area contributed by atoms with E-state index in [0.29, 0.717) is 24.8 Å². The van der Waals surface area contributed by atoms with Crippen LogP contribution in [0, 0.1) is 56.7 Å². The van der Waals surface area contributed by atoms with Crippen LogP contribution in [0.5, 0.6) is 0 Å². The zero-order chi connectivity index (χ0) is 32.3. The summed E-state index contributed by atoms with van der Waals surface area (Å²) < 4.78 is 5.50. The molecule has 1 N–H and O–H groups in total. The number of Topliss-reactive ketones (excluding diaryl/α,β-unsaturated/α-hetero) is 1. The van der Waals surface area contributed by atoms with Crippen LogP contribution in [0.25, 0.3) is 0 Å². The van der Waals surface area contributed by atoms with E-state index in [1.54, 1.807) is 7.11 Å². The van der Waals surface area contributed by atoms with E-state index in [4.69, 9.17) is 4.74 Å². The van der Waals surface area contributed by atoms with Crippen molar-refractivity contribution in [1.29, 1.82) is 0 Å². The van der Waals surface area contributed by atoms with Crippen molar-refractivity contribution in [3.8, 4) is 0 Å². The Kier molecular flexibility index (Phi) is 9.06. The molecule has 0 radical (unpaired) electrons. The Balaban J connectivity index is 1.45. The SMILES string of the molecule is CCN(CC)CCCNC(=O)C1CC2(C)C(CC[C@]3(C)C2CC=C2C4C[C@@H](C)CCC4(C(=O)OC)CC[C@]23C)C(C)(C)C1=O. The Bertz CT molecular complexity index is 1170. The lowest BCUT2D eigenvalue weighted by atomic mass is 9.33. The predicted molar refractivity (Wildman–Crippen MR) is 176 cm³/mol. The summed E-state index contributed by atoms with van der Waals surface area (Å²) in [6, 6.07) is 0. The summed E-state index contributed by atoms with van der Waals surface area (Å²) in [6.45, 7) is 22.0. The van der Waals surface area contributed by atoms with Gasteiger partial charge in [-0.15, -0.1) is 0 Å². The van der Waals surface area contributed by atoms with Crippen LogP contribution in [-0.2, 0) is 19.1 Å². The van der Waals surface area contributed by atoms with Crippen molar-refractivity contribution in [3.05, 3.63) is 11.6 Å². The molecule has 4 saturated carbocycles. The van der Waals surface area contributed by atoms with Gasteiger partial charge in [0.1, 0.15) is 0 Å². The molecule has 6 nitrogen and oxygen atoms in total. The van der Waals surface area contributed by atoms with Crippen molar-refractivity contribution >= 4 is 17.7 Å². The van der Waals surface area contributed by atoms with Gasteiger partial charge in [-0.2, -0.15) is 0 Å². The molecule has 1 amide bonds. The first-order chi connectivity index (χ1) is 20.7. The van der Waals surface area contributed by atoms with Crippen molar-refractivity contribution < 1.29 is 19.1 Å². The number of fused-ring (bicyclic) bond motifs is 7. The molecule has 5 aliphatic carbocycles. The maximum Gasteiger partial charge on any atom is 0.312 e. The van der Waals surface area contributed by atoms with E-state index in [0.717, 1.165) is 77.4 Å². The molecular formula is C38H62N2O4. The highest BCUT2D eigenvalue weighted by atomic mass is 16.5. The molecule has 248 valence electrons. The quantitative estimate of drug-likeness (QED) is 0.136. The summed E-state index contributed by atoms with van der Waals surface area (Å²) in [7, 11) is 1.57. The summed E-state index contributed by atoms with van der Waals surface area (Å²) >= 11 is 0. The molecule has 9 atom stereocenters. The van der Waals surface area contributed by atoms with Gasteiger partial charge in [-0.1, -0.05) is 67.0 Å². The molecule has 0 aromatic rings. The molecule has 0 bridgehead atoms. The van der Waals surface area contributed by atoms with Gasteiger partial charge < -0.3 is 15.0 Å². The molecule has 0 aromatic carbocycles. The topological polar surface area (TPSA) is 75.7 Å². The average Bonchev–Trinajstić information content (AvgIpc) is 2.99. The third-order valence-electron chi connectivity index (χ3n) is 14.8. The number of carbonyl (C=O) groups is 3. The minimum atomic E-state index is -0.585. The molecule has 5 aliphatic rings. The first kappa shape index (κ1) is 33.7. The van der Waals surface area contributed by atoms with E-state index in [9.17, 15) is 14.4 Å². The molecule has 0 aliphatic heterocycles. The molecule has 0 saturated heterocycles. The van der Waals surface area contributed by atoms with E-state index in [-0.39, 0.29) is 51.2 Å². The molecular weight excluding hydrogens is 548 g/mol. The summed E-state index contributed by atoms with van der Waals surface area (Å²) in [4.78, 5) is 43.6. The van der Waals surface area contributed by atoms with Crippen molar-refractivity contribution in [2.75, 3.05) is 33.3 Å². The number of hydrogen-bond acceptors (Lipinski definition) is 5. The molecule has 44 heavy (non-hydrogen) atoms. The molecule has 6 heteroatoms. The summed E-state index contributed by atoms with van der Waals surface area (Å²) in [5.41, 5.74) is 0.535. The fourth-order valence-corrected chi connectivity index (χ4v) is 12.0. The van der Waals surface area contributed by atoms with Crippen LogP contribution in [-0.4, -0.2) is 55.8 Å². The van der Waals surface area contributed by atoms with Crippen molar-refractivity contribution in [2.24, 2.45) is 56.7 Å². The summed E-state index contributed by atoms with van der Waals surface area (Å²) in [5, 5.41) is 3.18. The lowest BCUT2D eigenvalue weighted by Gasteiger charge is -2.70. The van der Waals surface area contributed by atoms with Gasteiger partial charge in [0.05, 0.1) is 18.4 Å². The Morgan fingerprint density at radius 2 is 1.70 bits per heavy atom. The zero-order valence-electron chi connectivity index (χ0n) is 29.4. The summed E-state index contributed by atoms with van der Waals surface area (Å²) in [6.07, 6.45) is 12.2. The fraction of sp³-hybridized carbons (Fsp3) is 0.868. The van der Waals surface area contributed by atoms with E-state index in [1.165, 1.54) is 5.57 Å². The fourth-order valence-electron chi connectivity index (χ4n) is 12.0. The first-order valence-electron chi connectivity index (χ1n) is 18.0. The van der Waals surface area contributed by atoms with Crippen LogP contribution >= 0.6 is 0 Å². The number of nitrogens with one attached hydrogen (secondary N) is 1. The molecule has 5 rings (SSSR count). The molecule has 0 spiro atoms. The van der Waals surface area contributed by atoms with E-state index in [2.05, 4.69) is 71.7 Å². The van der Waals surface area contributed by atoms with E-state index >= 15 is 0 Å². The zero-order valence-corrected chi connectivity index (χ0v) is 29.4. The van der Waals surface area contributed by atoms with Gasteiger partial charge in [0, 0.05) is 12.0 Å². The van der Waals surface area contributed by atoms with Crippen molar-refractivity contribution in [3.63, 3.8) is 0 Å². The standard InChI is InChI=1S/C38H62N2O4/c1-10-40(11-2)22-12-21-39-32(42)26-24-35(6)29(34(4,5)31(26)41)16-17-37(8)30(35)14-13-27-28-23-25(3)15-18-38(28,33(43)44-9)20-19-36(27,37)7/h13,25-26,28-30H,10-12,14-24H2,1-9H3,(H,39,42)/t25-,26?,28?,29?,30?,35?,36+,37+,38?/m0/s1. The highest BCUT2D eigenvalue weighted by Crippen LogP contribution is 2.75. The predicted octanol–water partition coefficient (Wildman–Crippen LogP) is 7.21. The van der Waals surface area contributed by atoms with Crippen LogP contribution in [0.1, 0.15) is 120 Å². The van der Waals surface area contributed by atoms with Gasteiger partial charge in [0.25, 0.3) is 0 Å². The van der Waals surface area contributed by atoms with E-state index in [1.807, 2.05) is 0 Å². The minimum Gasteiger partial charge on any atom is -0.469 e. The van der Waals surface area contributed by atoms with Crippen LogP contribution in [0.15, 0.2) is 11.6 Å². The third-order valence-corrected chi connectivity index (χ3v) is 14.8. The molecule has 0 aromatic heterocycles. The first-order valence-corrected chi connectivity index (χ1v) is 18.0. The van der Waals surface area contributed by atoms with Crippen LogP contribution in [0.3, 0.4) is 0 Å². The number of ketones is 1. The Morgan fingerprint density at radius 1 is 1.00 bits per heavy atom. The number of esters is 1. The number of allylic oxidation sites excluding steroid dienone is 2. The maximum atomic E-state index is 14.0. The monoisotopic (exact) mass is 610 g/mol. The Labute approximate surface area is 267 Å². The molecule has 6 unspecified atom stereocenters. The van der Waals surface area contributed by atoms with Gasteiger partial charge in [-0.3, -0.25) is 14.4 Å². The number of amides is 1. The largest absolute Gasteiger partial charge is 0.469 e. The second-order valence-corrected chi connectivity index (χ2v) is 16.9. The van der Waals surface area contributed by atoms with Crippen LogP contribution < -0.4 is 5.32 Å². The number of ether oxygens (including phenoxy) is 1. The normalized spacial score (nSPS) is 42.7.